The van der Waals surface area contributed by atoms with Gasteiger partial charge in [-0.2, -0.15) is 0 Å². The number of imidazole rings is 1. The Kier molecular flexibility index (Phi) is 3.88. The highest BCUT2D eigenvalue weighted by atomic mass is 15.1. The van der Waals surface area contributed by atoms with Gasteiger partial charge < -0.3 is 10.3 Å². The summed E-state index contributed by atoms with van der Waals surface area (Å²) in [7, 11) is 4.11. The molecule has 0 aliphatic rings. The van der Waals surface area contributed by atoms with Crippen molar-refractivity contribution < 1.29 is 0 Å². The molecule has 4 heteroatoms. The minimum Gasteiger partial charge on any atom is -0.337 e. The number of rotatable bonds is 5. The standard InChI is InChI=1S/C11H22N4/c1-11(2,12)5-7-14(3)9-10-13-6-8-15(10)4/h6,8H,5,7,9,12H2,1-4H3. The number of aromatic nitrogens is 2. The fraction of sp³-hybridized carbons (Fsp3) is 0.727. The van der Waals surface area contributed by atoms with Crippen molar-refractivity contribution in [2.75, 3.05) is 13.6 Å². The molecule has 0 atom stereocenters. The molecule has 4 nitrogen and oxygen atoms in total. The van der Waals surface area contributed by atoms with Gasteiger partial charge in [0.05, 0.1) is 6.54 Å². The van der Waals surface area contributed by atoms with E-state index in [1.54, 1.807) is 0 Å². The number of hydrogen-bond donors (Lipinski definition) is 1. The summed E-state index contributed by atoms with van der Waals surface area (Å²) in [5, 5.41) is 0. The highest BCUT2D eigenvalue weighted by Gasteiger charge is 2.12. The zero-order chi connectivity index (χ0) is 11.5. The normalized spacial score (nSPS) is 12.4. The number of nitrogens with zero attached hydrogens (tertiary/aromatic N) is 3. The van der Waals surface area contributed by atoms with E-state index in [0.29, 0.717) is 0 Å². The van der Waals surface area contributed by atoms with Crippen molar-refractivity contribution >= 4 is 0 Å². The molecule has 0 aliphatic heterocycles. The van der Waals surface area contributed by atoms with Crippen molar-refractivity contribution in [1.82, 2.24) is 14.5 Å². The first-order valence-corrected chi connectivity index (χ1v) is 5.32. The van der Waals surface area contributed by atoms with E-state index < -0.39 is 0 Å². The zero-order valence-electron chi connectivity index (χ0n) is 10.2. The van der Waals surface area contributed by atoms with Gasteiger partial charge in [-0.1, -0.05) is 0 Å². The van der Waals surface area contributed by atoms with Crippen molar-refractivity contribution in [3.8, 4) is 0 Å². The van der Waals surface area contributed by atoms with Gasteiger partial charge in [0.1, 0.15) is 5.82 Å². The van der Waals surface area contributed by atoms with Crippen LogP contribution in [0.5, 0.6) is 0 Å². The summed E-state index contributed by atoms with van der Waals surface area (Å²) in [6.07, 6.45) is 4.79. The number of hydrogen-bond acceptors (Lipinski definition) is 3. The Balaban J connectivity index is 2.37. The third-order valence-electron chi connectivity index (χ3n) is 2.47. The van der Waals surface area contributed by atoms with Crippen molar-refractivity contribution in [2.24, 2.45) is 12.8 Å². The van der Waals surface area contributed by atoms with Gasteiger partial charge in [0.2, 0.25) is 0 Å². The maximum atomic E-state index is 5.94. The van der Waals surface area contributed by atoms with Gasteiger partial charge in [0.15, 0.2) is 0 Å². The molecular formula is C11H22N4. The average molecular weight is 210 g/mol. The van der Waals surface area contributed by atoms with Crippen LogP contribution in [0.25, 0.3) is 0 Å². The highest BCUT2D eigenvalue weighted by Crippen LogP contribution is 2.06. The molecule has 0 fully saturated rings. The minimum atomic E-state index is -0.0874. The van der Waals surface area contributed by atoms with Crippen LogP contribution in [0.1, 0.15) is 26.1 Å². The lowest BCUT2D eigenvalue weighted by atomic mass is 10.0. The molecule has 0 saturated carbocycles. The Morgan fingerprint density at radius 3 is 2.67 bits per heavy atom. The van der Waals surface area contributed by atoms with Gasteiger partial charge in [-0.05, 0) is 27.3 Å². The van der Waals surface area contributed by atoms with Crippen LogP contribution in [0.2, 0.25) is 0 Å². The van der Waals surface area contributed by atoms with Crippen molar-refractivity contribution in [2.45, 2.75) is 32.4 Å². The first-order chi connectivity index (χ1) is 6.88. The molecular weight excluding hydrogens is 188 g/mol. The van der Waals surface area contributed by atoms with Crippen molar-refractivity contribution in [3.63, 3.8) is 0 Å². The van der Waals surface area contributed by atoms with E-state index in [1.807, 2.05) is 24.0 Å². The smallest absolute Gasteiger partial charge is 0.122 e. The second-order valence-corrected chi connectivity index (χ2v) is 4.93. The van der Waals surface area contributed by atoms with Crippen LogP contribution in [0.4, 0.5) is 0 Å². The van der Waals surface area contributed by atoms with E-state index in [1.165, 1.54) is 0 Å². The molecule has 0 aromatic carbocycles. The fourth-order valence-electron chi connectivity index (χ4n) is 1.35. The summed E-state index contributed by atoms with van der Waals surface area (Å²) < 4.78 is 2.05. The van der Waals surface area contributed by atoms with Crippen LogP contribution in [0.3, 0.4) is 0 Å². The Hall–Kier alpha value is -0.870. The molecule has 0 radical (unpaired) electrons. The van der Waals surface area contributed by atoms with Crippen molar-refractivity contribution in [3.05, 3.63) is 18.2 Å². The highest BCUT2D eigenvalue weighted by molar-refractivity contribution is 4.90. The molecule has 0 aliphatic carbocycles. The lowest BCUT2D eigenvalue weighted by molar-refractivity contribution is 0.280. The van der Waals surface area contributed by atoms with Crippen LogP contribution in [-0.2, 0) is 13.6 Å². The minimum absolute atomic E-state index is 0.0874. The quantitative estimate of drug-likeness (QED) is 0.788. The van der Waals surface area contributed by atoms with Crippen LogP contribution >= 0.6 is 0 Å². The van der Waals surface area contributed by atoms with Crippen LogP contribution in [0, 0.1) is 0 Å². The lowest BCUT2D eigenvalue weighted by Crippen LogP contribution is -2.36. The van der Waals surface area contributed by atoms with E-state index in [4.69, 9.17) is 5.73 Å². The maximum absolute atomic E-state index is 5.94. The zero-order valence-corrected chi connectivity index (χ0v) is 10.2. The fourth-order valence-corrected chi connectivity index (χ4v) is 1.35. The summed E-state index contributed by atoms with van der Waals surface area (Å²) in [5.41, 5.74) is 5.85. The Morgan fingerprint density at radius 1 is 1.53 bits per heavy atom. The predicted octanol–water partition coefficient (Wildman–Crippen LogP) is 0.979. The second kappa shape index (κ2) is 4.77. The monoisotopic (exact) mass is 210 g/mol. The third kappa shape index (κ3) is 4.44. The van der Waals surface area contributed by atoms with Crippen LogP contribution in [-0.4, -0.2) is 33.6 Å². The molecule has 1 aromatic rings. The summed E-state index contributed by atoms with van der Waals surface area (Å²) in [5.74, 6) is 1.09. The third-order valence-corrected chi connectivity index (χ3v) is 2.47. The number of aryl methyl sites for hydroxylation is 1. The first kappa shape index (κ1) is 12.2. The van der Waals surface area contributed by atoms with E-state index in [-0.39, 0.29) is 5.54 Å². The molecule has 86 valence electrons. The van der Waals surface area contributed by atoms with Gasteiger partial charge in [0, 0.05) is 31.5 Å². The molecule has 1 aromatic heterocycles. The molecule has 0 amide bonds. The average Bonchev–Trinajstić information content (AvgIpc) is 2.47. The number of nitrogens with two attached hydrogens (primary N) is 1. The molecule has 0 unspecified atom stereocenters. The van der Waals surface area contributed by atoms with Gasteiger partial charge >= 0.3 is 0 Å². The predicted molar refractivity (Wildman–Crippen MR) is 62.4 cm³/mol. The molecule has 1 rings (SSSR count). The largest absolute Gasteiger partial charge is 0.337 e. The maximum Gasteiger partial charge on any atom is 0.122 e. The summed E-state index contributed by atoms with van der Waals surface area (Å²) in [6.45, 7) is 5.99. The topological polar surface area (TPSA) is 47.1 Å². The Labute approximate surface area is 92.1 Å². The molecule has 1 heterocycles. The molecule has 0 spiro atoms. The molecule has 2 N–H and O–H groups in total. The lowest BCUT2D eigenvalue weighted by Gasteiger charge is -2.23. The van der Waals surface area contributed by atoms with E-state index in [0.717, 1.165) is 25.3 Å². The molecule has 0 bridgehead atoms. The van der Waals surface area contributed by atoms with Gasteiger partial charge in [-0.25, -0.2) is 4.98 Å². The van der Waals surface area contributed by atoms with Crippen LogP contribution in [0.15, 0.2) is 12.4 Å². The van der Waals surface area contributed by atoms with Gasteiger partial charge in [-0.15, -0.1) is 0 Å². The van der Waals surface area contributed by atoms with E-state index in [2.05, 4.69) is 30.8 Å². The summed E-state index contributed by atoms with van der Waals surface area (Å²) in [6, 6.07) is 0. The van der Waals surface area contributed by atoms with Gasteiger partial charge in [0.25, 0.3) is 0 Å². The molecule has 15 heavy (non-hydrogen) atoms. The summed E-state index contributed by atoms with van der Waals surface area (Å²) >= 11 is 0. The van der Waals surface area contributed by atoms with Crippen molar-refractivity contribution in [1.29, 1.82) is 0 Å². The second-order valence-electron chi connectivity index (χ2n) is 4.93. The van der Waals surface area contributed by atoms with E-state index in [9.17, 15) is 0 Å². The Morgan fingerprint density at radius 2 is 2.20 bits per heavy atom. The molecule has 0 saturated heterocycles. The van der Waals surface area contributed by atoms with Crippen LogP contribution < -0.4 is 5.73 Å². The SMILES string of the molecule is CN(CCC(C)(C)N)Cc1nccn1C. The Bertz CT molecular complexity index is 298. The first-order valence-electron chi connectivity index (χ1n) is 5.32. The summed E-state index contributed by atoms with van der Waals surface area (Å²) in [4.78, 5) is 6.54. The van der Waals surface area contributed by atoms with Gasteiger partial charge in [-0.3, -0.25) is 4.90 Å². The van der Waals surface area contributed by atoms with E-state index >= 15 is 0 Å².